The van der Waals surface area contributed by atoms with Gasteiger partial charge < -0.3 is 5.32 Å². The molecule has 32 heavy (non-hydrogen) atoms. The number of aryl methyl sites for hydroxylation is 2. The van der Waals surface area contributed by atoms with E-state index in [0.29, 0.717) is 40.2 Å². The summed E-state index contributed by atoms with van der Waals surface area (Å²) in [6.07, 6.45) is 3.61. The van der Waals surface area contributed by atoms with Crippen LogP contribution in [0.5, 0.6) is 0 Å². The SMILES string of the molecule is Cc1cc(C(=O)N[C@H](Cn2cccn2)C(C)(C)C)c2c(C)nn(-c3ccc(F)cc3)c2n1. The molecule has 1 amide bonds. The Kier molecular flexibility index (Phi) is 5.54. The standard InChI is InChI=1S/C24H27FN6O/c1-15-13-19(23(32)28-20(24(3,4)5)14-30-12-6-11-26-30)21-16(2)29-31(22(21)27-15)18-9-7-17(25)8-10-18/h6-13,20H,14H2,1-5H3,(H,28,32)/t20-/m1/s1. The Hall–Kier alpha value is -3.55. The van der Waals surface area contributed by atoms with E-state index in [1.807, 2.05) is 30.8 Å². The van der Waals surface area contributed by atoms with Crippen molar-refractivity contribution < 1.29 is 9.18 Å². The summed E-state index contributed by atoms with van der Waals surface area (Å²) in [5.74, 6) is -0.508. The summed E-state index contributed by atoms with van der Waals surface area (Å²) < 4.78 is 16.9. The molecule has 3 heterocycles. The first-order valence-corrected chi connectivity index (χ1v) is 10.5. The Morgan fingerprint density at radius 1 is 1.19 bits per heavy atom. The maximum Gasteiger partial charge on any atom is 0.252 e. The Morgan fingerprint density at radius 3 is 2.53 bits per heavy atom. The zero-order valence-electron chi connectivity index (χ0n) is 18.9. The van der Waals surface area contributed by atoms with Crippen LogP contribution in [0, 0.1) is 25.1 Å². The van der Waals surface area contributed by atoms with Gasteiger partial charge in [0.15, 0.2) is 5.65 Å². The van der Waals surface area contributed by atoms with Gasteiger partial charge in [-0.05, 0) is 55.7 Å². The fourth-order valence-corrected chi connectivity index (χ4v) is 3.72. The number of amides is 1. The van der Waals surface area contributed by atoms with E-state index in [1.165, 1.54) is 12.1 Å². The van der Waals surface area contributed by atoms with Crippen LogP contribution in [0.3, 0.4) is 0 Å². The van der Waals surface area contributed by atoms with Gasteiger partial charge in [-0.25, -0.2) is 14.1 Å². The molecule has 1 atom stereocenters. The molecule has 0 unspecified atom stereocenters. The van der Waals surface area contributed by atoms with Crippen LogP contribution >= 0.6 is 0 Å². The summed E-state index contributed by atoms with van der Waals surface area (Å²) in [7, 11) is 0. The zero-order chi connectivity index (χ0) is 23.0. The van der Waals surface area contributed by atoms with Crippen LogP contribution in [0.1, 0.15) is 42.5 Å². The van der Waals surface area contributed by atoms with Gasteiger partial charge in [0.25, 0.3) is 5.91 Å². The molecule has 4 aromatic rings. The van der Waals surface area contributed by atoms with E-state index in [4.69, 9.17) is 0 Å². The highest BCUT2D eigenvalue weighted by molar-refractivity contribution is 6.07. The second-order valence-corrected chi connectivity index (χ2v) is 9.10. The first kappa shape index (κ1) is 21.7. The monoisotopic (exact) mass is 434 g/mol. The van der Waals surface area contributed by atoms with Crippen LogP contribution < -0.4 is 5.32 Å². The minimum atomic E-state index is -0.323. The van der Waals surface area contributed by atoms with Gasteiger partial charge in [0.1, 0.15) is 5.82 Å². The molecule has 8 heteroatoms. The lowest BCUT2D eigenvalue weighted by Crippen LogP contribution is -2.46. The van der Waals surface area contributed by atoms with Crippen molar-refractivity contribution in [3.05, 3.63) is 71.6 Å². The van der Waals surface area contributed by atoms with Gasteiger partial charge in [-0.3, -0.25) is 9.48 Å². The largest absolute Gasteiger partial charge is 0.347 e. The summed E-state index contributed by atoms with van der Waals surface area (Å²) in [6.45, 7) is 10.5. The number of pyridine rings is 1. The summed E-state index contributed by atoms with van der Waals surface area (Å²) in [6, 6.07) is 9.55. The van der Waals surface area contributed by atoms with Crippen LogP contribution in [-0.2, 0) is 6.54 Å². The van der Waals surface area contributed by atoms with Gasteiger partial charge in [0.05, 0.1) is 34.9 Å². The molecule has 0 aliphatic heterocycles. The van der Waals surface area contributed by atoms with Crippen molar-refractivity contribution in [2.75, 3.05) is 0 Å². The molecule has 0 aliphatic rings. The first-order chi connectivity index (χ1) is 15.1. The lowest BCUT2D eigenvalue weighted by Gasteiger charge is -2.31. The van der Waals surface area contributed by atoms with E-state index in [-0.39, 0.29) is 23.2 Å². The molecule has 0 saturated heterocycles. The number of halogens is 1. The van der Waals surface area contributed by atoms with Crippen molar-refractivity contribution in [1.82, 2.24) is 29.9 Å². The summed E-state index contributed by atoms with van der Waals surface area (Å²) in [4.78, 5) is 18.1. The number of hydrogen-bond acceptors (Lipinski definition) is 4. The van der Waals surface area contributed by atoms with E-state index in [9.17, 15) is 9.18 Å². The smallest absolute Gasteiger partial charge is 0.252 e. The average Bonchev–Trinajstić information content (AvgIpc) is 3.35. The second-order valence-electron chi connectivity index (χ2n) is 9.10. The molecule has 4 rings (SSSR count). The average molecular weight is 435 g/mol. The summed E-state index contributed by atoms with van der Waals surface area (Å²) in [5, 5.41) is 12.8. The Balaban J connectivity index is 1.75. The van der Waals surface area contributed by atoms with E-state index >= 15 is 0 Å². The summed E-state index contributed by atoms with van der Waals surface area (Å²) in [5.41, 5.74) is 2.97. The van der Waals surface area contributed by atoms with Gasteiger partial charge in [-0.15, -0.1) is 0 Å². The van der Waals surface area contributed by atoms with Gasteiger partial charge in [0, 0.05) is 18.1 Å². The maximum atomic E-state index is 13.5. The molecule has 1 aromatic carbocycles. The highest BCUT2D eigenvalue weighted by Crippen LogP contribution is 2.26. The van der Waals surface area contributed by atoms with Crippen LogP contribution in [0.25, 0.3) is 16.7 Å². The number of hydrogen-bond donors (Lipinski definition) is 1. The molecule has 166 valence electrons. The van der Waals surface area contributed by atoms with Crippen LogP contribution in [-0.4, -0.2) is 36.5 Å². The van der Waals surface area contributed by atoms with Gasteiger partial charge in [-0.1, -0.05) is 20.8 Å². The molecule has 0 saturated carbocycles. The molecule has 1 N–H and O–H groups in total. The number of fused-ring (bicyclic) bond motifs is 1. The molecule has 0 bridgehead atoms. The van der Waals surface area contributed by atoms with Crippen molar-refractivity contribution in [2.45, 2.75) is 47.2 Å². The fraction of sp³-hybridized carbons (Fsp3) is 0.333. The third-order valence-electron chi connectivity index (χ3n) is 5.54. The molecule has 0 radical (unpaired) electrons. The highest BCUT2D eigenvalue weighted by atomic mass is 19.1. The number of benzene rings is 1. The van der Waals surface area contributed by atoms with Crippen molar-refractivity contribution in [1.29, 1.82) is 0 Å². The second kappa shape index (κ2) is 8.18. The Morgan fingerprint density at radius 2 is 1.91 bits per heavy atom. The van der Waals surface area contributed by atoms with Crippen molar-refractivity contribution in [3.63, 3.8) is 0 Å². The maximum absolute atomic E-state index is 13.5. The van der Waals surface area contributed by atoms with Crippen molar-refractivity contribution in [3.8, 4) is 5.69 Å². The minimum absolute atomic E-state index is 0.147. The van der Waals surface area contributed by atoms with Crippen LogP contribution in [0.2, 0.25) is 0 Å². The Labute approximate surface area is 186 Å². The van der Waals surface area contributed by atoms with E-state index in [2.05, 4.69) is 41.3 Å². The van der Waals surface area contributed by atoms with Gasteiger partial charge in [-0.2, -0.15) is 10.2 Å². The summed E-state index contributed by atoms with van der Waals surface area (Å²) >= 11 is 0. The zero-order valence-corrected chi connectivity index (χ0v) is 18.9. The normalized spacial score (nSPS) is 12.8. The van der Waals surface area contributed by atoms with E-state index in [0.717, 1.165) is 0 Å². The first-order valence-electron chi connectivity index (χ1n) is 10.5. The topological polar surface area (TPSA) is 77.6 Å². The highest BCUT2D eigenvalue weighted by Gasteiger charge is 2.29. The van der Waals surface area contributed by atoms with Crippen LogP contribution in [0.15, 0.2) is 48.8 Å². The molecule has 3 aromatic heterocycles. The lowest BCUT2D eigenvalue weighted by atomic mass is 9.86. The lowest BCUT2D eigenvalue weighted by molar-refractivity contribution is 0.0892. The van der Waals surface area contributed by atoms with Gasteiger partial charge >= 0.3 is 0 Å². The number of nitrogens with zero attached hydrogens (tertiary/aromatic N) is 5. The molecular weight excluding hydrogens is 407 g/mol. The number of nitrogens with one attached hydrogen (secondary N) is 1. The van der Waals surface area contributed by atoms with Crippen molar-refractivity contribution >= 4 is 16.9 Å². The third-order valence-corrected chi connectivity index (χ3v) is 5.54. The number of carbonyl (C=O) groups is 1. The minimum Gasteiger partial charge on any atom is -0.347 e. The molecular formula is C24H27FN6O. The third kappa shape index (κ3) is 4.26. The molecule has 0 aliphatic carbocycles. The predicted octanol–water partition coefficient (Wildman–Crippen LogP) is 4.22. The number of aromatic nitrogens is 5. The van der Waals surface area contributed by atoms with Gasteiger partial charge in [0.2, 0.25) is 0 Å². The van der Waals surface area contributed by atoms with Crippen molar-refractivity contribution in [2.24, 2.45) is 5.41 Å². The predicted molar refractivity (Wildman–Crippen MR) is 121 cm³/mol. The quantitative estimate of drug-likeness (QED) is 0.510. The fourth-order valence-electron chi connectivity index (χ4n) is 3.72. The van der Waals surface area contributed by atoms with Crippen LogP contribution in [0.4, 0.5) is 4.39 Å². The molecule has 0 fully saturated rings. The molecule has 0 spiro atoms. The molecule has 7 nitrogen and oxygen atoms in total. The van der Waals surface area contributed by atoms with E-state index in [1.54, 1.807) is 29.1 Å². The number of carbonyl (C=O) groups excluding carboxylic acids is 1. The Bertz CT molecular complexity index is 1250. The number of rotatable bonds is 5. The van der Waals surface area contributed by atoms with E-state index < -0.39 is 0 Å².